The third kappa shape index (κ3) is 5.39. The van der Waals surface area contributed by atoms with Crippen molar-refractivity contribution in [3.05, 3.63) is 59.5 Å². The molecule has 1 aromatic carbocycles. The van der Waals surface area contributed by atoms with Crippen molar-refractivity contribution in [3.8, 4) is 5.75 Å². The van der Waals surface area contributed by atoms with E-state index in [0.29, 0.717) is 34.9 Å². The third-order valence-electron chi connectivity index (χ3n) is 4.03. The second kappa shape index (κ2) is 9.00. The summed E-state index contributed by atoms with van der Waals surface area (Å²) in [5.74, 6) is 2.66. The summed E-state index contributed by atoms with van der Waals surface area (Å²) in [4.78, 5) is 4.53. The Morgan fingerprint density at radius 3 is 2.62 bits per heavy atom. The number of thioether (sulfide) groups is 1. The lowest BCUT2D eigenvalue weighted by atomic mass is 9.96. The second-order valence-electron chi connectivity index (χ2n) is 7.51. The Labute approximate surface area is 179 Å². The number of ether oxygens (including phenoxy) is 1. The van der Waals surface area contributed by atoms with Crippen LogP contribution < -0.4 is 4.74 Å². The van der Waals surface area contributed by atoms with Crippen molar-refractivity contribution in [3.63, 3.8) is 0 Å². The highest BCUT2D eigenvalue weighted by atomic mass is 35.5. The molecule has 0 aliphatic heterocycles. The molecule has 154 valence electrons. The molecule has 9 heteroatoms. The Kier molecular flexibility index (Phi) is 6.64. The zero-order chi connectivity index (χ0) is 21.0. The van der Waals surface area contributed by atoms with Crippen molar-refractivity contribution in [2.45, 2.75) is 56.7 Å². The van der Waals surface area contributed by atoms with Crippen molar-refractivity contribution < 1.29 is 9.26 Å². The lowest BCUT2D eigenvalue weighted by molar-refractivity contribution is 0.289. The zero-order valence-corrected chi connectivity index (χ0v) is 18.5. The van der Waals surface area contributed by atoms with E-state index in [1.807, 2.05) is 44.4 Å². The average molecular weight is 434 g/mol. The molecule has 1 unspecified atom stereocenters. The maximum atomic E-state index is 5.91. The first-order chi connectivity index (χ1) is 13.8. The predicted octanol–water partition coefficient (Wildman–Crippen LogP) is 5.23. The quantitative estimate of drug-likeness (QED) is 0.355. The fourth-order valence-corrected chi connectivity index (χ4v) is 3.45. The first-order valence-electron chi connectivity index (χ1n) is 9.20. The van der Waals surface area contributed by atoms with Crippen LogP contribution in [-0.4, -0.2) is 24.9 Å². The Morgan fingerprint density at radius 1 is 1.28 bits per heavy atom. The lowest BCUT2D eigenvalue weighted by Gasteiger charge is -2.12. The van der Waals surface area contributed by atoms with E-state index in [-0.39, 0.29) is 17.3 Å². The number of allylic oxidation sites excluding steroid dienone is 1. The third-order valence-corrected chi connectivity index (χ3v) is 5.35. The molecule has 2 aromatic heterocycles. The maximum Gasteiger partial charge on any atom is 0.239 e. The van der Waals surface area contributed by atoms with Crippen molar-refractivity contribution in [1.82, 2.24) is 24.9 Å². The van der Waals surface area contributed by atoms with E-state index in [9.17, 15) is 0 Å². The molecule has 0 saturated heterocycles. The van der Waals surface area contributed by atoms with E-state index >= 15 is 0 Å². The Bertz CT molecular complexity index is 962. The van der Waals surface area contributed by atoms with Crippen LogP contribution in [0.15, 0.2) is 46.6 Å². The molecule has 0 fully saturated rings. The Hall–Kier alpha value is -2.32. The molecule has 0 bridgehead atoms. The van der Waals surface area contributed by atoms with E-state index in [1.54, 1.807) is 18.2 Å². The monoisotopic (exact) mass is 433 g/mol. The molecule has 29 heavy (non-hydrogen) atoms. The van der Waals surface area contributed by atoms with Gasteiger partial charge >= 0.3 is 0 Å². The fraction of sp³-hybridized carbons (Fsp3) is 0.400. The van der Waals surface area contributed by atoms with Crippen LogP contribution >= 0.6 is 23.4 Å². The van der Waals surface area contributed by atoms with Crippen LogP contribution in [0.3, 0.4) is 0 Å². The average Bonchev–Trinajstić information content (AvgIpc) is 3.30. The number of nitrogens with zero attached hydrogens (tertiary/aromatic N) is 5. The van der Waals surface area contributed by atoms with E-state index in [2.05, 4.69) is 26.9 Å². The topological polar surface area (TPSA) is 78.9 Å². The number of halogens is 1. The van der Waals surface area contributed by atoms with Gasteiger partial charge in [0.1, 0.15) is 12.4 Å². The van der Waals surface area contributed by atoms with Gasteiger partial charge in [-0.3, -0.25) is 4.57 Å². The summed E-state index contributed by atoms with van der Waals surface area (Å²) in [5, 5.41) is 14.0. The van der Waals surface area contributed by atoms with E-state index < -0.39 is 0 Å². The van der Waals surface area contributed by atoms with Gasteiger partial charge < -0.3 is 9.26 Å². The summed E-state index contributed by atoms with van der Waals surface area (Å²) in [6, 6.07) is 7.20. The lowest BCUT2D eigenvalue weighted by Crippen LogP contribution is -2.13. The van der Waals surface area contributed by atoms with Crippen LogP contribution in [0, 0.1) is 0 Å². The summed E-state index contributed by atoms with van der Waals surface area (Å²) in [5.41, 5.74) is -0.166. The van der Waals surface area contributed by atoms with Crippen molar-refractivity contribution in [2.75, 3.05) is 0 Å². The van der Waals surface area contributed by atoms with Crippen LogP contribution in [0.2, 0.25) is 5.02 Å². The molecule has 0 N–H and O–H groups in total. The molecule has 7 nitrogen and oxygen atoms in total. The standard InChI is InChI=1S/C20H24ClN5O2S/c1-6-11-26-16(12-27-15-9-7-14(21)8-10-15)23-24-19(26)29-13(2)17-22-18(25-28-17)20(3,4)5/h6-10,13H,1,11-12H2,2-5H3. The number of benzene rings is 1. The van der Waals surface area contributed by atoms with Gasteiger partial charge in [-0.1, -0.05) is 55.4 Å². The number of hydrogen-bond acceptors (Lipinski definition) is 7. The highest BCUT2D eigenvalue weighted by Crippen LogP contribution is 2.34. The number of aromatic nitrogens is 5. The minimum atomic E-state index is -0.166. The predicted molar refractivity (Wildman–Crippen MR) is 113 cm³/mol. The molecule has 1 atom stereocenters. The fourth-order valence-electron chi connectivity index (χ4n) is 2.42. The van der Waals surface area contributed by atoms with Crippen LogP contribution in [-0.2, 0) is 18.6 Å². The van der Waals surface area contributed by atoms with Crippen LogP contribution in [0.5, 0.6) is 5.75 Å². The number of hydrogen-bond donors (Lipinski definition) is 0. The summed E-state index contributed by atoms with van der Waals surface area (Å²) >= 11 is 7.41. The van der Waals surface area contributed by atoms with E-state index in [4.69, 9.17) is 20.9 Å². The first kappa shape index (κ1) is 21.4. The van der Waals surface area contributed by atoms with E-state index in [1.165, 1.54) is 11.8 Å². The molecule has 0 aliphatic carbocycles. The van der Waals surface area contributed by atoms with Gasteiger partial charge in [-0.05, 0) is 31.2 Å². The minimum Gasteiger partial charge on any atom is -0.486 e. The van der Waals surface area contributed by atoms with Gasteiger partial charge in [-0.15, -0.1) is 16.8 Å². The molecule has 0 radical (unpaired) electrons. The number of rotatable bonds is 8. The van der Waals surface area contributed by atoms with Crippen molar-refractivity contribution in [2.24, 2.45) is 0 Å². The van der Waals surface area contributed by atoms with Crippen LogP contribution in [0.4, 0.5) is 0 Å². The minimum absolute atomic E-state index is 0.0728. The molecule has 3 rings (SSSR count). The summed E-state index contributed by atoms with van der Waals surface area (Å²) < 4.78 is 13.2. The smallest absolute Gasteiger partial charge is 0.239 e. The Balaban J connectivity index is 1.72. The normalized spacial score (nSPS) is 12.7. The van der Waals surface area contributed by atoms with Gasteiger partial charge in [-0.2, -0.15) is 4.98 Å². The van der Waals surface area contributed by atoms with Gasteiger partial charge in [0.2, 0.25) is 5.89 Å². The highest BCUT2D eigenvalue weighted by molar-refractivity contribution is 7.99. The highest BCUT2D eigenvalue weighted by Gasteiger charge is 2.25. The van der Waals surface area contributed by atoms with Gasteiger partial charge in [0, 0.05) is 17.0 Å². The van der Waals surface area contributed by atoms with Gasteiger partial charge in [0.15, 0.2) is 16.8 Å². The maximum absolute atomic E-state index is 5.91. The van der Waals surface area contributed by atoms with E-state index in [0.717, 1.165) is 5.16 Å². The first-order valence-corrected chi connectivity index (χ1v) is 10.5. The van der Waals surface area contributed by atoms with Gasteiger partial charge in [-0.25, -0.2) is 0 Å². The van der Waals surface area contributed by atoms with Crippen molar-refractivity contribution >= 4 is 23.4 Å². The van der Waals surface area contributed by atoms with Crippen molar-refractivity contribution in [1.29, 1.82) is 0 Å². The molecule has 0 aliphatic rings. The Morgan fingerprint density at radius 2 is 2.00 bits per heavy atom. The van der Waals surface area contributed by atoms with Gasteiger partial charge in [0.05, 0.1) is 5.25 Å². The second-order valence-corrected chi connectivity index (χ2v) is 9.25. The summed E-state index contributed by atoms with van der Waals surface area (Å²) in [7, 11) is 0. The van der Waals surface area contributed by atoms with Crippen LogP contribution in [0.1, 0.15) is 50.5 Å². The zero-order valence-electron chi connectivity index (χ0n) is 16.9. The summed E-state index contributed by atoms with van der Waals surface area (Å²) in [6.07, 6.45) is 1.80. The molecular formula is C20H24ClN5O2S. The largest absolute Gasteiger partial charge is 0.486 e. The molecule has 0 spiro atoms. The SMILES string of the molecule is C=CCn1c(COc2ccc(Cl)cc2)nnc1SC(C)c1nc(C(C)(C)C)no1. The summed E-state index contributed by atoms with van der Waals surface area (Å²) in [6.45, 7) is 12.8. The molecule has 0 saturated carbocycles. The molecule has 2 heterocycles. The van der Waals surface area contributed by atoms with Crippen LogP contribution in [0.25, 0.3) is 0 Å². The molecular weight excluding hydrogens is 410 g/mol. The molecule has 3 aromatic rings. The van der Waals surface area contributed by atoms with Gasteiger partial charge in [0.25, 0.3) is 0 Å². The molecule has 0 amide bonds.